The summed E-state index contributed by atoms with van der Waals surface area (Å²) in [5, 5.41) is 2.40. The van der Waals surface area contributed by atoms with E-state index in [4.69, 9.17) is 0 Å². The summed E-state index contributed by atoms with van der Waals surface area (Å²) in [6, 6.07) is 0. The van der Waals surface area contributed by atoms with Crippen molar-refractivity contribution in [3.05, 3.63) is 11.5 Å². The van der Waals surface area contributed by atoms with E-state index in [1.807, 2.05) is 0 Å². The summed E-state index contributed by atoms with van der Waals surface area (Å²) >= 11 is 1.72. The number of thioether (sulfide) groups is 1. The number of hydrogen-bond acceptors (Lipinski definition) is 2. The van der Waals surface area contributed by atoms with Gasteiger partial charge in [0.05, 0.1) is 0 Å². The molecule has 10 heavy (non-hydrogen) atoms. The van der Waals surface area contributed by atoms with Gasteiger partial charge in [-0.2, -0.15) is 0 Å². The zero-order valence-electron chi connectivity index (χ0n) is 5.90. The van der Waals surface area contributed by atoms with Gasteiger partial charge >= 0.3 is 0 Å². The largest absolute Gasteiger partial charge is 0.258 e. The van der Waals surface area contributed by atoms with Crippen molar-refractivity contribution < 1.29 is 0 Å². The van der Waals surface area contributed by atoms with E-state index in [0.717, 1.165) is 0 Å². The highest BCUT2D eigenvalue weighted by Crippen LogP contribution is 2.29. The lowest BCUT2D eigenvalue weighted by Gasteiger charge is -2.06. The van der Waals surface area contributed by atoms with Crippen molar-refractivity contribution in [2.45, 2.75) is 12.3 Å². The van der Waals surface area contributed by atoms with E-state index >= 15 is 0 Å². The summed E-state index contributed by atoms with van der Waals surface area (Å²) in [7, 11) is 0. The molecule has 0 saturated carbocycles. The Balaban J connectivity index is 2.43. The van der Waals surface area contributed by atoms with Gasteiger partial charge in [0.1, 0.15) is 11.7 Å². The predicted octanol–water partition coefficient (Wildman–Crippen LogP) is 1.94. The molecule has 1 aliphatic heterocycles. The lowest BCUT2D eigenvalue weighted by Crippen LogP contribution is -2.03. The average molecular weight is 154 g/mol. The van der Waals surface area contributed by atoms with E-state index in [0.29, 0.717) is 11.3 Å². The average Bonchev–Trinajstić information content (AvgIpc) is 2.31. The minimum Gasteiger partial charge on any atom is -0.258 e. The molecule has 0 bridgehead atoms. The Kier molecular flexibility index (Phi) is 2.68. The fraction of sp³-hybridized carbons (Fsp3) is 0.429. The van der Waals surface area contributed by atoms with Gasteiger partial charge in [-0.1, -0.05) is 13.0 Å². The Morgan fingerprint density at radius 2 is 2.50 bits per heavy atom. The normalized spacial score (nSPS) is 31.7. The topological polar surface area (TPSA) is 24.7 Å². The van der Waals surface area contributed by atoms with Crippen molar-refractivity contribution in [1.29, 1.82) is 0 Å². The molecule has 0 amide bonds. The molecular weight excluding hydrogens is 144 g/mol. The summed E-state index contributed by atoms with van der Waals surface area (Å²) in [4.78, 5) is 7.72. The van der Waals surface area contributed by atoms with Crippen LogP contribution in [0, 0.1) is 5.92 Å². The van der Waals surface area contributed by atoms with E-state index in [-0.39, 0.29) is 0 Å². The van der Waals surface area contributed by atoms with Gasteiger partial charge in [-0.25, -0.2) is 0 Å². The third-order valence-corrected chi connectivity index (χ3v) is 2.49. The van der Waals surface area contributed by atoms with E-state index in [2.05, 4.69) is 35.1 Å². The molecule has 0 N–H and O–H groups in total. The molecule has 0 aliphatic carbocycles. The first kappa shape index (κ1) is 7.54. The minimum absolute atomic E-state index is 0.325. The summed E-state index contributed by atoms with van der Waals surface area (Å²) in [6.45, 7) is 5.46. The lowest BCUT2D eigenvalue weighted by molar-refractivity contribution is 0.710. The first-order valence-corrected chi connectivity index (χ1v) is 4.08. The second-order valence-electron chi connectivity index (χ2n) is 2.16. The Morgan fingerprint density at radius 1 is 1.70 bits per heavy atom. The van der Waals surface area contributed by atoms with Crippen LogP contribution in [0.1, 0.15) is 6.92 Å². The van der Waals surface area contributed by atoms with Gasteiger partial charge in [-0.05, 0) is 12.1 Å². The smallest absolute Gasteiger partial charge is 0.110 e. The molecule has 3 heteroatoms. The van der Waals surface area contributed by atoms with Gasteiger partial charge in [0.25, 0.3) is 0 Å². The maximum absolute atomic E-state index is 4.17. The molecule has 1 aliphatic rings. The van der Waals surface area contributed by atoms with Crippen LogP contribution in [-0.2, 0) is 0 Å². The molecular formula is C7H10N2S. The Hall–Kier alpha value is -0.570. The standard InChI is InChI=1S/C7H10N2S/c1-6-3-4-10-7(6)9-5-8-2/h3-7H,2H2,1H3/b9-5-. The Labute approximate surface area is 65.1 Å². The fourth-order valence-corrected chi connectivity index (χ4v) is 1.72. The van der Waals surface area contributed by atoms with Gasteiger partial charge in [0.2, 0.25) is 0 Å². The molecule has 0 aromatic carbocycles. The first-order valence-electron chi connectivity index (χ1n) is 3.14. The van der Waals surface area contributed by atoms with Crippen LogP contribution in [0.3, 0.4) is 0 Å². The minimum atomic E-state index is 0.325. The Morgan fingerprint density at radius 3 is 3.00 bits per heavy atom. The molecule has 0 aromatic rings. The van der Waals surface area contributed by atoms with Gasteiger partial charge in [0.15, 0.2) is 0 Å². The molecule has 2 nitrogen and oxygen atoms in total. The molecule has 1 rings (SSSR count). The summed E-state index contributed by atoms with van der Waals surface area (Å²) < 4.78 is 0. The second kappa shape index (κ2) is 3.56. The fourth-order valence-electron chi connectivity index (χ4n) is 0.753. The molecule has 54 valence electrons. The number of rotatable bonds is 2. The van der Waals surface area contributed by atoms with E-state index in [1.165, 1.54) is 6.34 Å². The van der Waals surface area contributed by atoms with Crippen LogP contribution in [0.5, 0.6) is 0 Å². The number of aliphatic imine (C=N–C) groups is 2. The van der Waals surface area contributed by atoms with Crippen LogP contribution in [-0.4, -0.2) is 18.4 Å². The van der Waals surface area contributed by atoms with Crippen LogP contribution in [0.2, 0.25) is 0 Å². The van der Waals surface area contributed by atoms with Crippen LogP contribution in [0.25, 0.3) is 0 Å². The molecule has 0 radical (unpaired) electrons. The van der Waals surface area contributed by atoms with Crippen molar-refractivity contribution in [3.8, 4) is 0 Å². The quantitative estimate of drug-likeness (QED) is 0.440. The van der Waals surface area contributed by atoms with E-state index in [1.54, 1.807) is 11.8 Å². The molecule has 0 saturated heterocycles. The molecule has 2 unspecified atom stereocenters. The molecule has 0 spiro atoms. The van der Waals surface area contributed by atoms with Crippen molar-refractivity contribution >= 4 is 24.8 Å². The predicted molar refractivity (Wildman–Crippen MR) is 47.7 cm³/mol. The maximum atomic E-state index is 4.17. The lowest BCUT2D eigenvalue weighted by atomic mass is 10.2. The van der Waals surface area contributed by atoms with Crippen LogP contribution in [0.15, 0.2) is 21.5 Å². The monoisotopic (exact) mass is 154 g/mol. The highest BCUT2D eigenvalue weighted by atomic mass is 32.2. The highest BCUT2D eigenvalue weighted by Gasteiger charge is 2.16. The van der Waals surface area contributed by atoms with Crippen molar-refractivity contribution in [2.24, 2.45) is 15.9 Å². The van der Waals surface area contributed by atoms with Crippen molar-refractivity contribution in [3.63, 3.8) is 0 Å². The van der Waals surface area contributed by atoms with Crippen LogP contribution < -0.4 is 0 Å². The first-order chi connectivity index (χ1) is 4.84. The van der Waals surface area contributed by atoms with Crippen LogP contribution in [0.4, 0.5) is 0 Å². The number of nitrogens with zero attached hydrogens (tertiary/aromatic N) is 2. The number of hydrogen-bond donors (Lipinski definition) is 0. The Bertz CT molecular complexity index is 174. The molecule has 0 aromatic heterocycles. The van der Waals surface area contributed by atoms with Crippen molar-refractivity contribution in [2.75, 3.05) is 0 Å². The zero-order valence-corrected chi connectivity index (χ0v) is 6.71. The summed E-state index contributed by atoms with van der Waals surface area (Å²) in [5.41, 5.74) is 0. The highest BCUT2D eigenvalue weighted by molar-refractivity contribution is 8.03. The van der Waals surface area contributed by atoms with Crippen molar-refractivity contribution in [1.82, 2.24) is 0 Å². The SMILES string of the molecule is C=N/C=N\C1SC=CC1C. The molecule has 2 atom stereocenters. The van der Waals surface area contributed by atoms with E-state index < -0.39 is 0 Å². The summed E-state index contributed by atoms with van der Waals surface area (Å²) in [5.74, 6) is 0.531. The van der Waals surface area contributed by atoms with E-state index in [9.17, 15) is 0 Å². The van der Waals surface area contributed by atoms with Gasteiger partial charge in [-0.3, -0.25) is 9.98 Å². The third-order valence-electron chi connectivity index (χ3n) is 1.35. The van der Waals surface area contributed by atoms with Gasteiger partial charge in [0, 0.05) is 5.92 Å². The third kappa shape index (κ3) is 1.70. The molecule has 0 fully saturated rings. The maximum Gasteiger partial charge on any atom is 0.110 e. The van der Waals surface area contributed by atoms with Gasteiger partial charge < -0.3 is 0 Å². The zero-order chi connectivity index (χ0) is 7.40. The summed E-state index contributed by atoms with van der Waals surface area (Å²) in [6.07, 6.45) is 3.66. The van der Waals surface area contributed by atoms with Crippen LogP contribution >= 0.6 is 11.8 Å². The molecule has 1 heterocycles. The van der Waals surface area contributed by atoms with Gasteiger partial charge in [-0.15, -0.1) is 11.8 Å². The second-order valence-corrected chi connectivity index (χ2v) is 3.19.